The fourth-order valence-electron chi connectivity index (χ4n) is 3.02. The maximum Gasteiger partial charge on any atom is 0.124 e. The number of nitrogens with one attached hydrogen (secondary N) is 1. The summed E-state index contributed by atoms with van der Waals surface area (Å²) in [4.78, 5) is 2.47. The van der Waals surface area contributed by atoms with Crippen molar-refractivity contribution >= 4 is 27.5 Å². The normalized spacial score (nSPS) is 15.8. The molecule has 4 heteroatoms. The van der Waals surface area contributed by atoms with Crippen LogP contribution in [0.4, 0.5) is 5.69 Å². The lowest BCUT2D eigenvalue weighted by atomic mass is 10.1. The maximum absolute atomic E-state index is 7.83. The van der Waals surface area contributed by atoms with E-state index in [1.807, 2.05) is 12.1 Å². The van der Waals surface area contributed by atoms with Gasteiger partial charge in [0.25, 0.3) is 0 Å². The predicted molar refractivity (Wildman–Crippen MR) is 89.6 cm³/mol. The van der Waals surface area contributed by atoms with E-state index in [2.05, 4.69) is 40.7 Å². The van der Waals surface area contributed by atoms with Crippen LogP contribution in [0.25, 0.3) is 0 Å². The van der Waals surface area contributed by atoms with Crippen LogP contribution in [-0.2, 0) is 0 Å². The van der Waals surface area contributed by atoms with Gasteiger partial charge in [-0.1, -0.05) is 42.6 Å². The van der Waals surface area contributed by atoms with E-state index in [0.29, 0.717) is 12.0 Å². The van der Waals surface area contributed by atoms with Crippen molar-refractivity contribution in [2.24, 2.45) is 11.7 Å². The van der Waals surface area contributed by atoms with Crippen LogP contribution in [0.1, 0.15) is 45.1 Å². The molecule has 1 saturated carbocycles. The number of benzene rings is 1. The summed E-state index contributed by atoms with van der Waals surface area (Å²) in [5.41, 5.74) is 7.73. The molecule has 110 valence electrons. The monoisotopic (exact) mass is 337 g/mol. The Bertz CT molecular complexity index is 479. The standard InChI is InChI=1S/C16H24BrN3/c1-11(2)10-20(13-5-3-4-6-13)15-9-12(17)7-8-14(15)16(18)19/h7-9,11,13H,3-6,10H2,1-2H3,(H3,18,19). The molecule has 0 spiro atoms. The van der Waals surface area contributed by atoms with Crippen LogP contribution in [0, 0.1) is 11.3 Å². The van der Waals surface area contributed by atoms with Crippen molar-refractivity contribution in [1.29, 1.82) is 5.41 Å². The predicted octanol–water partition coefficient (Wildman–Crippen LogP) is 4.14. The number of hydrogen-bond donors (Lipinski definition) is 2. The van der Waals surface area contributed by atoms with Crippen molar-refractivity contribution in [3.63, 3.8) is 0 Å². The molecule has 1 aliphatic rings. The Labute approximate surface area is 130 Å². The van der Waals surface area contributed by atoms with Gasteiger partial charge in [-0.3, -0.25) is 5.41 Å². The average Bonchev–Trinajstić information content (AvgIpc) is 2.88. The fraction of sp³-hybridized carbons (Fsp3) is 0.562. The topological polar surface area (TPSA) is 53.1 Å². The minimum absolute atomic E-state index is 0.152. The smallest absolute Gasteiger partial charge is 0.124 e. The summed E-state index contributed by atoms with van der Waals surface area (Å²) in [6.45, 7) is 5.50. The fourth-order valence-corrected chi connectivity index (χ4v) is 3.37. The summed E-state index contributed by atoms with van der Waals surface area (Å²) in [7, 11) is 0. The lowest BCUT2D eigenvalue weighted by Crippen LogP contribution is -2.37. The third-order valence-electron chi connectivity index (χ3n) is 3.89. The number of halogens is 1. The molecule has 1 fully saturated rings. The number of nitrogen functional groups attached to an aromatic ring is 1. The van der Waals surface area contributed by atoms with Crippen molar-refractivity contribution in [2.75, 3.05) is 11.4 Å². The first-order valence-corrected chi connectivity index (χ1v) is 8.19. The van der Waals surface area contributed by atoms with Crippen LogP contribution in [0.2, 0.25) is 0 Å². The summed E-state index contributed by atoms with van der Waals surface area (Å²) in [5, 5.41) is 7.83. The summed E-state index contributed by atoms with van der Waals surface area (Å²) < 4.78 is 1.05. The van der Waals surface area contributed by atoms with Gasteiger partial charge in [-0.15, -0.1) is 0 Å². The van der Waals surface area contributed by atoms with Crippen LogP contribution < -0.4 is 10.6 Å². The summed E-state index contributed by atoms with van der Waals surface area (Å²) in [6, 6.07) is 6.61. The van der Waals surface area contributed by atoms with Gasteiger partial charge in [0.15, 0.2) is 0 Å². The van der Waals surface area contributed by atoms with Gasteiger partial charge in [0, 0.05) is 28.3 Å². The molecule has 0 heterocycles. The number of nitrogens with two attached hydrogens (primary N) is 1. The molecule has 0 amide bonds. The second-order valence-electron chi connectivity index (χ2n) is 6.06. The molecular formula is C16H24BrN3. The van der Waals surface area contributed by atoms with Gasteiger partial charge in [0.1, 0.15) is 5.84 Å². The Balaban J connectivity index is 2.40. The minimum Gasteiger partial charge on any atom is -0.384 e. The quantitative estimate of drug-likeness (QED) is 0.626. The molecule has 0 aliphatic heterocycles. The van der Waals surface area contributed by atoms with Gasteiger partial charge in [0.05, 0.1) is 0 Å². The Kier molecular flexibility index (Phi) is 5.08. The zero-order valence-corrected chi connectivity index (χ0v) is 13.9. The van der Waals surface area contributed by atoms with Crippen molar-refractivity contribution in [3.8, 4) is 0 Å². The van der Waals surface area contributed by atoms with Crippen molar-refractivity contribution < 1.29 is 0 Å². The first-order chi connectivity index (χ1) is 9.49. The summed E-state index contributed by atoms with van der Waals surface area (Å²) >= 11 is 3.55. The highest BCUT2D eigenvalue weighted by Crippen LogP contribution is 2.33. The van der Waals surface area contributed by atoms with E-state index < -0.39 is 0 Å². The Morgan fingerprint density at radius 2 is 2.05 bits per heavy atom. The van der Waals surface area contributed by atoms with Crippen LogP contribution in [-0.4, -0.2) is 18.4 Å². The van der Waals surface area contributed by atoms with E-state index in [-0.39, 0.29) is 5.84 Å². The SMILES string of the molecule is CC(C)CN(c1cc(Br)ccc1C(=N)N)C1CCCC1. The third-order valence-corrected chi connectivity index (χ3v) is 4.38. The second kappa shape index (κ2) is 6.61. The molecule has 2 rings (SSSR count). The Morgan fingerprint density at radius 3 is 2.60 bits per heavy atom. The number of hydrogen-bond acceptors (Lipinski definition) is 2. The molecule has 0 bridgehead atoms. The molecule has 0 radical (unpaired) electrons. The van der Waals surface area contributed by atoms with E-state index in [1.54, 1.807) is 0 Å². The lowest BCUT2D eigenvalue weighted by molar-refractivity contribution is 0.535. The minimum atomic E-state index is 0.152. The van der Waals surface area contributed by atoms with Gasteiger partial charge in [-0.05, 0) is 37.0 Å². The van der Waals surface area contributed by atoms with Crippen LogP contribution >= 0.6 is 15.9 Å². The van der Waals surface area contributed by atoms with Gasteiger partial charge in [-0.25, -0.2) is 0 Å². The van der Waals surface area contributed by atoms with Crippen LogP contribution in [0.3, 0.4) is 0 Å². The first-order valence-electron chi connectivity index (χ1n) is 7.39. The molecule has 0 aromatic heterocycles. The molecule has 0 atom stereocenters. The molecular weight excluding hydrogens is 314 g/mol. The van der Waals surface area contributed by atoms with Gasteiger partial charge < -0.3 is 10.6 Å². The molecule has 0 unspecified atom stereocenters. The van der Waals surface area contributed by atoms with Crippen LogP contribution in [0.15, 0.2) is 22.7 Å². The highest BCUT2D eigenvalue weighted by atomic mass is 79.9. The number of anilines is 1. The van der Waals surface area contributed by atoms with E-state index in [4.69, 9.17) is 11.1 Å². The summed E-state index contributed by atoms with van der Waals surface area (Å²) in [6.07, 6.45) is 5.11. The average molecular weight is 338 g/mol. The number of amidine groups is 1. The molecule has 20 heavy (non-hydrogen) atoms. The molecule has 1 aromatic carbocycles. The Hall–Kier alpha value is -1.03. The van der Waals surface area contributed by atoms with E-state index in [9.17, 15) is 0 Å². The van der Waals surface area contributed by atoms with Crippen LogP contribution in [0.5, 0.6) is 0 Å². The first kappa shape index (κ1) is 15.4. The Morgan fingerprint density at radius 1 is 1.40 bits per heavy atom. The number of nitrogens with zero attached hydrogens (tertiary/aromatic N) is 1. The van der Waals surface area contributed by atoms with E-state index in [0.717, 1.165) is 22.3 Å². The van der Waals surface area contributed by atoms with E-state index >= 15 is 0 Å². The molecule has 3 N–H and O–H groups in total. The van der Waals surface area contributed by atoms with Gasteiger partial charge >= 0.3 is 0 Å². The zero-order valence-electron chi connectivity index (χ0n) is 12.3. The maximum atomic E-state index is 7.83. The molecule has 0 saturated heterocycles. The largest absolute Gasteiger partial charge is 0.384 e. The molecule has 3 nitrogen and oxygen atoms in total. The van der Waals surface area contributed by atoms with Crippen molar-refractivity contribution in [2.45, 2.75) is 45.6 Å². The lowest BCUT2D eigenvalue weighted by Gasteiger charge is -2.34. The van der Waals surface area contributed by atoms with Crippen molar-refractivity contribution in [3.05, 3.63) is 28.2 Å². The molecule has 1 aromatic rings. The van der Waals surface area contributed by atoms with E-state index in [1.165, 1.54) is 25.7 Å². The van der Waals surface area contributed by atoms with Gasteiger partial charge in [0.2, 0.25) is 0 Å². The van der Waals surface area contributed by atoms with Gasteiger partial charge in [-0.2, -0.15) is 0 Å². The number of rotatable bonds is 5. The second-order valence-corrected chi connectivity index (χ2v) is 6.98. The third kappa shape index (κ3) is 3.54. The zero-order chi connectivity index (χ0) is 14.7. The highest BCUT2D eigenvalue weighted by molar-refractivity contribution is 9.10. The summed E-state index contributed by atoms with van der Waals surface area (Å²) in [5.74, 6) is 0.744. The molecule has 1 aliphatic carbocycles. The highest BCUT2D eigenvalue weighted by Gasteiger charge is 2.25. The van der Waals surface area contributed by atoms with Crippen molar-refractivity contribution in [1.82, 2.24) is 0 Å².